The Morgan fingerprint density at radius 3 is 2.80 bits per heavy atom. The first-order chi connectivity index (χ1) is 7.25. The van der Waals surface area contributed by atoms with Crippen LogP contribution in [0.4, 0.5) is 4.79 Å². The average molecular weight is 245 g/mol. The molecule has 5 heteroatoms. The lowest BCUT2D eigenvalue weighted by Crippen LogP contribution is -2.37. The number of thiophene rings is 1. The fourth-order valence-corrected chi connectivity index (χ4v) is 2.67. The maximum atomic E-state index is 11.6. The SMILES string of the molecule is O=C(NCc1ccc(Cl)s1)N1CCCC1. The van der Waals surface area contributed by atoms with Gasteiger partial charge in [0, 0.05) is 18.0 Å². The van der Waals surface area contributed by atoms with Gasteiger partial charge < -0.3 is 10.2 Å². The van der Waals surface area contributed by atoms with Gasteiger partial charge in [-0.2, -0.15) is 0 Å². The smallest absolute Gasteiger partial charge is 0.317 e. The molecule has 0 atom stereocenters. The normalized spacial score (nSPS) is 15.7. The van der Waals surface area contributed by atoms with Gasteiger partial charge in [-0.1, -0.05) is 11.6 Å². The number of rotatable bonds is 2. The van der Waals surface area contributed by atoms with Crippen molar-refractivity contribution in [3.05, 3.63) is 21.3 Å². The van der Waals surface area contributed by atoms with Crippen molar-refractivity contribution in [1.29, 1.82) is 0 Å². The molecule has 1 N–H and O–H groups in total. The minimum atomic E-state index is 0.0389. The topological polar surface area (TPSA) is 32.3 Å². The number of amides is 2. The maximum Gasteiger partial charge on any atom is 0.317 e. The molecular formula is C10H13ClN2OS. The number of carbonyl (C=O) groups excluding carboxylic acids is 1. The predicted octanol–water partition coefficient (Wildman–Crippen LogP) is 2.71. The third kappa shape index (κ3) is 2.86. The highest BCUT2D eigenvalue weighted by atomic mass is 35.5. The lowest BCUT2D eigenvalue weighted by molar-refractivity contribution is 0.208. The summed E-state index contributed by atoms with van der Waals surface area (Å²) in [7, 11) is 0. The van der Waals surface area contributed by atoms with Crippen LogP contribution in [-0.4, -0.2) is 24.0 Å². The number of nitrogens with one attached hydrogen (secondary N) is 1. The largest absolute Gasteiger partial charge is 0.333 e. The Hall–Kier alpha value is -0.740. The number of urea groups is 1. The van der Waals surface area contributed by atoms with Crippen LogP contribution in [-0.2, 0) is 6.54 Å². The van der Waals surface area contributed by atoms with Gasteiger partial charge in [0.05, 0.1) is 10.9 Å². The third-order valence-electron chi connectivity index (χ3n) is 2.44. The second kappa shape index (κ2) is 4.86. The van der Waals surface area contributed by atoms with Gasteiger partial charge in [0.15, 0.2) is 0 Å². The van der Waals surface area contributed by atoms with Crippen LogP contribution in [0.2, 0.25) is 4.34 Å². The molecule has 1 aliphatic rings. The van der Waals surface area contributed by atoms with Crippen LogP contribution in [0.15, 0.2) is 12.1 Å². The first kappa shape index (κ1) is 10.8. The van der Waals surface area contributed by atoms with Crippen LogP contribution in [0.5, 0.6) is 0 Å². The van der Waals surface area contributed by atoms with E-state index in [1.807, 2.05) is 17.0 Å². The summed E-state index contributed by atoms with van der Waals surface area (Å²) in [6.45, 7) is 2.35. The molecule has 1 aromatic rings. The summed E-state index contributed by atoms with van der Waals surface area (Å²) in [5.74, 6) is 0. The van der Waals surface area contributed by atoms with Crippen molar-refractivity contribution in [2.45, 2.75) is 19.4 Å². The maximum absolute atomic E-state index is 11.6. The molecule has 3 nitrogen and oxygen atoms in total. The molecule has 0 aromatic carbocycles. The van der Waals surface area contributed by atoms with E-state index in [1.165, 1.54) is 11.3 Å². The summed E-state index contributed by atoms with van der Waals surface area (Å²) < 4.78 is 0.764. The highest BCUT2D eigenvalue weighted by Gasteiger charge is 2.17. The van der Waals surface area contributed by atoms with E-state index >= 15 is 0 Å². The van der Waals surface area contributed by atoms with Crippen LogP contribution in [0.1, 0.15) is 17.7 Å². The lowest BCUT2D eigenvalue weighted by Gasteiger charge is -2.15. The number of hydrogen-bond acceptors (Lipinski definition) is 2. The summed E-state index contributed by atoms with van der Waals surface area (Å²) >= 11 is 7.30. The molecule has 2 rings (SSSR count). The van der Waals surface area contributed by atoms with Gasteiger partial charge in [-0.15, -0.1) is 11.3 Å². The van der Waals surface area contributed by atoms with E-state index in [9.17, 15) is 4.79 Å². The van der Waals surface area contributed by atoms with Crippen molar-refractivity contribution in [3.63, 3.8) is 0 Å². The molecule has 15 heavy (non-hydrogen) atoms. The summed E-state index contributed by atoms with van der Waals surface area (Å²) in [6.07, 6.45) is 2.25. The van der Waals surface area contributed by atoms with Gasteiger partial charge in [0.25, 0.3) is 0 Å². The molecule has 0 spiro atoms. The van der Waals surface area contributed by atoms with Gasteiger partial charge >= 0.3 is 6.03 Å². The van der Waals surface area contributed by atoms with Gasteiger partial charge in [-0.05, 0) is 25.0 Å². The van der Waals surface area contributed by atoms with E-state index in [1.54, 1.807) is 0 Å². The summed E-state index contributed by atoms with van der Waals surface area (Å²) in [4.78, 5) is 14.6. The first-order valence-corrected chi connectivity index (χ1v) is 6.22. The standard InChI is InChI=1S/C10H13ClN2OS/c11-9-4-3-8(15-9)7-12-10(14)13-5-1-2-6-13/h3-4H,1-2,5-7H2,(H,12,14). The van der Waals surface area contributed by atoms with Crippen LogP contribution in [0.3, 0.4) is 0 Å². The van der Waals surface area contributed by atoms with Crippen molar-refractivity contribution < 1.29 is 4.79 Å². The number of halogens is 1. The molecule has 0 bridgehead atoms. The fourth-order valence-electron chi connectivity index (χ4n) is 1.64. The predicted molar refractivity (Wildman–Crippen MR) is 62.4 cm³/mol. The Labute approximate surface area is 98.0 Å². The Kier molecular flexibility index (Phi) is 3.49. The van der Waals surface area contributed by atoms with E-state index in [2.05, 4.69) is 5.32 Å². The number of likely N-dealkylation sites (tertiary alicyclic amines) is 1. The second-order valence-electron chi connectivity index (χ2n) is 3.56. The van der Waals surface area contributed by atoms with Gasteiger partial charge in [0.1, 0.15) is 0 Å². The van der Waals surface area contributed by atoms with Gasteiger partial charge in [-0.25, -0.2) is 4.79 Å². The summed E-state index contributed by atoms with van der Waals surface area (Å²) in [5.41, 5.74) is 0. The molecule has 1 aromatic heterocycles. The van der Waals surface area contributed by atoms with Gasteiger partial charge in [-0.3, -0.25) is 0 Å². The second-order valence-corrected chi connectivity index (χ2v) is 5.36. The molecule has 1 aliphatic heterocycles. The molecule has 1 fully saturated rings. The molecule has 2 heterocycles. The van der Waals surface area contributed by atoms with E-state index in [4.69, 9.17) is 11.6 Å². The fraction of sp³-hybridized carbons (Fsp3) is 0.500. The van der Waals surface area contributed by atoms with E-state index in [0.29, 0.717) is 6.54 Å². The molecule has 1 saturated heterocycles. The van der Waals surface area contributed by atoms with Crippen LogP contribution in [0, 0.1) is 0 Å². The van der Waals surface area contributed by atoms with E-state index in [0.717, 1.165) is 35.1 Å². The summed E-state index contributed by atoms with van der Waals surface area (Å²) in [6, 6.07) is 3.83. The van der Waals surface area contributed by atoms with Crippen LogP contribution < -0.4 is 5.32 Å². The molecule has 0 aliphatic carbocycles. The van der Waals surface area contributed by atoms with Crippen molar-refractivity contribution in [2.24, 2.45) is 0 Å². The molecule has 0 radical (unpaired) electrons. The Morgan fingerprint density at radius 1 is 1.47 bits per heavy atom. The molecule has 2 amide bonds. The van der Waals surface area contributed by atoms with Crippen molar-refractivity contribution in [3.8, 4) is 0 Å². The molecule has 0 saturated carbocycles. The number of nitrogens with zero attached hydrogens (tertiary/aromatic N) is 1. The monoisotopic (exact) mass is 244 g/mol. The highest BCUT2D eigenvalue weighted by Crippen LogP contribution is 2.21. The van der Waals surface area contributed by atoms with Crippen LogP contribution in [0.25, 0.3) is 0 Å². The van der Waals surface area contributed by atoms with Gasteiger partial charge in [0.2, 0.25) is 0 Å². The number of carbonyl (C=O) groups is 1. The molecule has 82 valence electrons. The first-order valence-electron chi connectivity index (χ1n) is 5.03. The molecule has 0 unspecified atom stereocenters. The Bertz CT molecular complexity index is 347. The Morgan fingerprint density at radius 2 is 2.20 bits per heavy atom. The lowest BCUT2D eigenvalue weighted by atomic mass is 10.4. The van der Waals surface area contributed by atoms with Crippen molar-refractivity contribution in [1.82, 2.24) is 10.2 Å². The summed E-state index contributed by atoms with van der Waals surface area (Å²) in [5, 5.41) is 2.89. The zero-order valence-corrected chi connectivity index (χ0v) is 9.90. The zero-order chi connectivity index (χ0) is 10.7. The Balaban J connectivity index is 1.80. The third-order valence-corrected chi connectivity index (χ3v) is 3.67. The minimum Gasteiger partial charge on any atom is -0.333 e. The van der Waals surface area contributed by atoms with Crippen molar-refractivity contribution in [2.75, 3.05) is 13.1 Å². The number of hydrogen-bond donors (Lipinski definition) is 1. The zero-order valence-electron chi connectivity index (χ0n) is 8.33. The quantitative estimate of drug-likeness (QED) is 0.853. The highest BCUT2D eigenvalue weighted by molar-refractivity contribution is 7.16. The molecular weight excluding hydrogens is 232 g/mol. The van der Waals surface area contributed by atoms with E-state index in [-0.39, 0.29) is 6.03 Å². The van der Waals surface area contributed by atoms with E-state index < -0.39 is 0 Å². The van der Waals surface area contributed by atoms with Crippen molar-refractivity contribution >= 4 is 29.0 Å². The minimum absolute atomic E-state index is 0.0389. The average Bonchev–Trinajstić information content (AvgIpc) is 2.84. The van der Waals surface area contributed by atoms with Crippen LogP contribution >= 0.6 is 22.9 Å².